The van der Waals surface area contributed by atoms with Gasteiger partial charge in [-0.1, -0.05) is 12.8 Å². The number of nitrogens with zero attached hydrogens (tertiary/aromatic N) is 2. The Labute approximate surface area is 171 Å². The maximum Gasteiger partial charge on any atom is 0.127 e. The third-order valence-corrected chi connectivity index (χ3v) is 7.50. The molecule has 2 heterocycles. The fraction of sp³-hybridized carbons (Fsp3) is 0.800. The second kappa shape index (κ2) is 8.69. The molecule has 4 rings (SSSR count). The number of methoxy groups -OCH3 is 1. The maximum absolute atomic E-state index is 6.16. The fourth-order valence-corrected chi connectivity index (χ4v) is 5.86. The summed E-state index contributed by atoms with van der Waals surface area (Å²) in [5, 5.41) is 3.77. The van der Waals surface area contributed by atoms with Gasteiger partial charge in [-0.15, -0.1) is 0 Å². The molecule has 2 atom stereocenters. The molecule has 0 amide bonds. The van der Waals surface area contributed by atoms with Crippen LogP contribution in [-0.4, -0.2) is 53.6 Å². The zero-order valence-electron chi connectivity index (χ0n) is 15.9. The van der Waals surface area contributed by atoms with Crippen molar-refractivity contribution in [3.8, 4) is 0 Å². The molecule has 0 radical (unpaired) electrons. The van der Waals surface area contributed by atoms with Gasteiger partial charge >= 0.3 is 0 Å². The molecule has 26 heavy (non-hydrogen) atoms. The minimum absolute atomic E-state index is 0.0435. The summed E-state index contributed by atoms with van der Waals surface area (Å²) in [6.45, 7) is 4.46. The molecule has 1 saturated carbocycles. The number of ether oxygens (including phenoxy) is 2. The Morgan fingerprint density at radius 2 is 1.96 bits per heavy atom. The van der Waals surface area contributed by atoms with Crippen molar-refractivity contribution in [1.82, 2.24) is 13.3 Å². The van der Waals surface area contributed by atoms with E-state index in [0.717, 1.165) is 37.7 Å². The van der Waals surface area contributed by atoms with E-state index in [1.165, 1.54) is 63.0 Å². The maximum atomic E-state index is 6.16. The first-order chi connectivity index (χ1) is 12.8. The average molecular weight is 473 g/mol. The van der Waals surface area contributed by atoms with Crippen molar-refractivity contribution in [1.29, 1.82) is 0 Å². The monoisotopic (exact) mass is 473 g/mol. The number of hydrogen-bond donors (Lipinski definition) is 1. The summed E-state index contributed by atoms with van der Waals surface area (Å²) >= 11 is 2.49. The number of hydrogen-bond acceptors (Lipinski definition) is 5. The lowest BCUT2D eigenvalue weighted by Gasteiger charge is -2.29. The molecule has 2 fully saturated rings. The van der Waals surface area contributed by atoms with E-state index in [4.69, 9.17) is 9.47 Å². The highest BCUT2D eigenvalue weighted by Crippen LogP contribution is 2.41. The van der Waals surface area contributed by atoms with Crippen molar-refractivity contribution in [2.24, 2.45) is 5.92 Å². The largest absolute Gasteiger partial charge is 0.495 e. The normalized spacial score (nSPS) is 29.9. The van der Waals surface area contributed by atoms with Crippen LogP contribution in [0.2, 0.25) is 0 Å². The van der Waals surface area contributed by atoms with Crippen molar-refractivity contribution in [2.45, 2.75) is 63.6 Å². The first-order valence-corrected chi connectivity index (χ1v) is 11.3. The topological polar surface area (TPSA) is 37.0 Å². The molecule has 2 aliphatic carbocycles. The summed E-state index contributed by atoms with van der Waals surface area (Å²) in [4.78, 5) is 2.55. The molecule has 2 unspecified atom stereocenters. The Balaban J connectivity index is 1.34. The highest BCUT2D eigenvalue weighted by atomic mass is 127. The van der Waals surface area contributed by atoms with Gasteiger partial charge in [-0.2, -0.15) is 0 Å². The van der Waals surface area contributed by atoms with E-state index < -0.39 is 0 Å². The minimum Gasteiger partial charge on any atom is -0.495 e. The van der Waals surface area contributed by atoms with Gasteiger partial charge in [0.2, 0.25) is 0 Å². The second-order valence-corrected chi connectivity index (χ2v) is 9.07. The molecule has 0 aromatic carbocycles. The Bertz CT molecular complexity index is 553. The molecule has 1 saturated heterocycles. The molecule has 4 aliphatic rings. The predicted molar refractivity (Wildman–Crippen MR) is 112 cm³/mol. The lowest BCUT2D eigenvalue weighted by Crippen LogP contribution is -2.37. The van der Waals surface area contributed by atoms with Crippen LogP contribution in [0.4, 0.5) is 0 Å². The van der Waals surface area contributed by atoms with E-state index in [0.29, 0.717) is 6.17 Å². The number of nitrogens with one attached hydrogen (secondary N) is 1. The molecule has 2 aliphatic heterocycles. The summed E-state index contributed by atoms with van der Waals surface area (Å²) in [6.07, 6.45) is 12.8. The highest BCUT2D eigenvalue weighted by molar-refractivity contribution is 14.1. The van der Waals surface area contributed by atoms with E-state index in [1.54, 1.807) is 7.11 Å². The summed E-state index contributed by atoms with van der Waals surface area (Å²) in [5.74, 6) is 1.76. The van der Waals surface area contributed by atoms with Gasteiger partial charge < -0.3 is 19.7 Å². The zero-order valence-corrected chi connectivity index (χ0v) is 18.0. The quantitative estimate of drug-likeness (QED) is 0.346. The Morgan fingerprint density at radius 1 is 1.19 bits per heavy atom. The summed E-state index contributed by atoms with van der Waals surface area (Å²) in [6, 6.07) is 0. The van der Waals surface area contributed by atoms with Crippen molar-refractivity contribution in [2.75, 3.05) is 33.4 Å². The lowest BCUT2D eigenvalue weighted by molar-refractivity contribution is 0.0567. The second-order valence-electron chi connectivity index (χ2n) is 8.03. The molecule has 1 N–H and O–H groups in total. The Kier molecular flexibility index (Phi) is 6.31. The van der Waals surface area contributed by atoms with Gasteiger partial charge in [-0.3, -0.25) is 3.11 Å². The standard InChI is InChI=1S/C20H32IN3O2/c1-25-18-14-17-16(22-20(24(17)21)15-7-2-3-8-15)13-19(18)26-12-6-11-23-9-4-5-10-23/h13,15,18,20,22H,2-12,14H2,1H3. The Morgan fingerprint density at radius 3 is 2.69 bits per heavy atom. The average Bonchev–Trinajstić information content (AvgIpc) is 3.40. The SMILES string of the molecule is COC1CC2=C(C=C1OCCCN1CCCC1)NC(C1CCCC1)N2I. The van der Waals surface area contributed by atoms with Gasteiger partial charge in [0.15, 0.2) is 0 Å². The van der Waals surface area contributed by atoms with E-state index in [9.17, 15) is 0 Å². The number of rotatable bonds is 7. The molecule has 0 aromatic rings. The van der Waals surface area contributed by atoms with E-state index in [1.807, 2.05) is 0 Å². The first-order valence-electron chi connectivity index (χ1n) is 10.3. The molecule has 146 valence electrons. The van der Waals surface area contributed by atoms with Crippen LogP contribution in [0.1, 0.15) is 51.4 Å². The molecular formula is C20H32IN3O2. The molecule has 0 aromatic heterocycles. The lowest BCUT2D eigenvalue weighted by atomic mass is 10.0. The summed E-state index contributed by atoms with van der Waals surface area (Å²) < 4.78 is 14.3. The number of halogens is 1. The third kappa shape index (κ3) is 4.02. The van der Waals surface area contributed by atoms with E-state index in [2.05, 4.69) is 42.3 Å². The van der Waals surface area contributed by atoms with Crippen LogP contribution in [0.25, 0.3) is 0 Å². The van der Waals surface area contributed by atoms with Crippen LogP contribution in [0.15, 0.2) is 23.2 Å². The first kappa shape index (κ1) is 18.9. The van der Waals surface area contributed by atoms with Gasteiger partial charge in [0, 0.05) is 26.2 Å². The van der Waals surface area contributed by atoms with Crippen LogP contribution < -0.4 is 5.32 Å². The molecule has 0 spiro atoms. The van der Waals surface area contributed by atoms with Crippen LogP contribution in [0.5, 0.6) is 0 Å². The van der Waals surface area contributed by atoms with Gasteiger partial charge in [-0.05, 0) is 51.1 Å². The van der Waals surface area contributed by atoms with Crippen molar-refractivity contribution in [3.63, 3.8) is 0 Å². The number of likely N-dealkylation sites (tertiary alicyclic amines) is 1. The van der Waals surface area contributed by atoms with E-state index >= 15 is 0 Å². The predicted octanol–water partition coefficient (Wildman–Crippen LogP) is 3.77. The zero-order chi connectivity index (χ0) is 17.9. The molecule has 6 heteroatoms. The minimum atomic E-state index is 0.0435. The van der Waals surface area contributed by atoms with Crippen molar-refractivity contribution < 1.29 is 9.47 Å². The van der Waals surface area contributed by atoms with Crippen LogP contribution in [0, 0.1) is 5.92 Å². The molecule has 0 bridgehead atoms. The van der Waals surface area contributed by atoms with E-state index in [-0.39, 0.29) is 6.10 Å². The van der Waals surface area contributed by atoms with Gasteiger partial charge in [0.25, 0.3) is 0 Å². The smallest absolute Gasteiger partial charge is 0.127 e. The third-order valence-electron chi connectivity index (χ3n) is 6.32. The van der Waals surface area contributed by atoms with Gasteiger partial charge in [0.1, 0.15) is 18.0 Å². The van der Waals surface area contributed by atoms with Crippen molar-refractivity contribution >= 4 is 22.9 Å². The van der Waals surface area contributed by atoms with Gasteiger partial charge in [0.05, 0.1) is 40.9 Å². The van der Waals surface area contributed by atoms with Crippen LogP contribution >= 0.6 is 22.9 Å². The number of allylic oxidation sites excluding steroid dienone is 1. The fourth-order valence-electron chi connectivity index (χ4n) is 4.81. The molecular weight excluding hydrogens is 441 g/mol. The van der Waals surface area contributed by atoms with Gasteiger partial charge in [-0.25, -0.2) is 0 Å². The van der Waals surface area contributed by atoms with Crippen LogP contribution in [-0.2, 0) is 9.47 Å². The van der Waals surface area contributed by atoms with Crippen molar-refractivity contribution in [3.05, 3.63) is 23.2 Å². The summed E-state index contributed by atoms with van der Waals surface area (Å²) in [7, 11) is 1.80. The Hall–Kier alpha value is -0.470. The highest BCUT2D eigenvalue weighted by Gasteiger charge is 2.39. The van der Waals surface area contributed by atoms with Crippen LogP contribution in [0.3, 0.4) is 0 Å². The molecule has 5 nitrogen and oxygen atoms in total. The summed E-state index contributed by atoms with van der Waals surface area (Å²) in [5.41, 5.74) is 2.62.